The Morgan fingerprint density at radius 3 is 1.91 bits per heavy atom. The number of hydrogen-bond acceptors (Lipinski definition) is 0. The number of nitrogens with zero attached hydrogens (tertiary/aromatic N) is 1. The van der Waals surface area contributed by atoms with E-state index >= 15 is 0 Å². The van der Waals surface area contributed by atoms with Crippen LogP contribution in [0.1, 0.15) is 20.3 Å². The van der Waals surface area contributed by atoms with E-state index in [9.17, 15) is 0 Å². The van der Waals surface area contributed by atoms with Crippen molar-refractivity contribution in [2.75, 3.05) is 0 Å². The zero-order valence-corrected chi connectivity index (χ0v) is 7.04. The third kappa shape index (κ3) is 5.17. The SMILES string of the molecule is CCC.[C-]#[N+]c1ccccc1. The fourth-order valence-electron chi connectivity index (χ4n) is 0.503. The van der Waals surface area contributed by atoms with Crippen molar-refractivity contribution in [2.24, 2.45) is 0 Å². The Balaban J connectivity index is 0.000000292. The molecule has 0 unspecified atom stereocenters. The summed E-state index contributed by atoms with van der Waals surface area (Å²) >= 11 is 0. The molecule has 0 heterocycles. The lowest BCUT2D eigenvalue weighted by Crippen LogP contribution is -1.54. The highest BCUT2D eigenvalue weighted by Gasteiger charge is 1.79. The maximum absolute atomic E-state index is 6.57. The minimum absolute atomic E-state index is 0.701. The van der Waals surface area contributed by atoms with Gasteiger partial charge in [-0.3, -0.25) is 0 Å². The minimum atomic E-state index is 0.701. The van der Waals surface area contributed by atoms with Gasteiger partial charge in [0, 0.05) is 0 Å². The maximum Gasteiger partial charge on any atom is 0.187 e. The largest absolute Gasteiger partial charge is 0.238 e. The molecule has 0 saturated heterocycles. The van der Waals surface area contributed by atoms with E-state index in [-0.39, 0.29) is 0 Å². The molecule has 0 radical (unpaired) electrons. The smallest absolute Gasteiger partial charge is 0.187 e. The quantitative estimate of drug-likeness (QED) is 0.493. The summed E-state index contributed by atoms with van der Waals surface area (Å²) in [4.78, 5) is 3.22. The van der Waals surface area contributed by atoms with Crippen LogP contribution in [0.4, 0.5) is 5.69 Å². The maximum atomic E-state index is 6.57. The van der Waals surface area contributed by atoms with Crippen molar-refractivity contribution in [1.82, 2.24) is 0 Å². The van der Waals surface area contributed by atoms with Crippen molar-refractivity contribution in [3.63, 3.8) is 0 Å². The first kappa shape index (κ1) is 9.71. The molecule has 0 aliphatic carbocycles. The first-order valence-electron chi connectivity index (χ1n) is 3.77. The van der Waals surface area contributed by atoms with Crippen molar-refractivity contribution >= 4 is 5.69 Å². The molecule has 0 spiro atoms. The molecule has 1 rings (SSSR count). The molecule has 1 aromatic carbocycles. The van der Waals surface area contributed by atoms with Gasteiger partial charge in [-0.1, -0.05) is 50.6 Å². The van der Waals surface area contributed by atoms with E-state index < -0.39 is 0 Å². The zero-order valence-electron chi connectivity index (χ0n) is 7.04. The van der Waals surface area contributed by atoms with Crippen molar-refractivity contribution in [3.05, 3.63) is 41.7 Å². The Hall–Kier alpha value is -1.29. The average Bonchev–Trinajstić information content (AvgIpc) is 2.08. The molecular weight excluding hydrogens is 134 g/mol. The molecule has 0 fully saturated rings. The minimum Gasteiger partial charge on any atom is -0.238 e. The Labute approximate surface area is 68.5 Å². The van der Waals surface area contributed by atoms with Gasteiger partial charge in [0.15, 0.2) is 5.69 Å². The lowest BCUT2D eigenvalue weighted by molar-refractivity contribution is 1.09. The molecule has 0 amide bonds. The molecule has 0 aliphatic heterocycles. The molecule has 58 valence electrons. The highest BCUT2D eigenvalue weighted by molar-refractivity contribution is 5.42. The van der Waals surface area contributed by atoms with Crippen LogP contribution in [0.2, 0.25) is 0 Å². The van der Waals surface area contributed by atoms with Gasteiger partial charge in [-0.2, -0.15) is 0 Å². The van der Waals surface area contributed by atoms with Gasteiger partial charge in [-0.25, -0.2) is 4.85 Å². The van der Waals surface area contributed by atoms with E-state index in [1.54, 1.807) is 12.1 Å². The van der Waals surface area contributed by atoms with Gasteiger partial charge in [-0.15, -0.1) is 0 Å². The Kier molecular flexibility index (Phi) is 6.02. The molecule has 0 N–H and O–H groups in total. The van der Waals surface area contributed by atoms with E-state index in [2.05, 4.69) is 18.7 Å². The topological polar surface area (TPSA) is 4.36 Å². The Bertz CT molecular complexity index is 208. The standard InChI is InChI=1S/C7H5N.C3H8/c1-8-7-5-3-2-4-6-7;1-3-2/h2-6H;3H2,1-2H3. The number of rotatable bonds is 0. The molecule has 0 aromatic heterocycles. The number of para-hydroxylation sites is 1. The van der Waals surface area contributed by atoms with Gasteiger partial charge in [0.25, 0.3) is 0 Å². The summed E-state index contributed by atoms with van der Waals surface area (Å²) < 4.78 is 0. The van der Waals surface area contributed by atoms with Gasteiger partial charge in [0.2, 0.25) is 0 Å². The van der Waals surface area contributed by atoms with Crippen LogP contribution in [0, 0.1) is 6.57 Å². The summed E-state index contributed by atoms with van der Waals surface area (Å²) in [5, 5.41) is 0. The van der Waals surface area contributed by atoms with Crippen molar-refractivity contribution < 1.29 is 0 Å². The highest BCUT2D eigenvalue weighted by Crippen LogP contribution is 2.07. The molecule has 1 heteroatoms. The average molecular weight is 147 g/mol. The molecular formula is C10H13N. The lowest BCUT2D eigenvalue weighted by Gasteiger charge is -1.80. The summed E-state index contributed by atoms with van der Waals surface area (Å²) in [6.07, 6.45) is 1.25. The van der Waals surface area contributed by atoms with Crippen molar-refractivity contribution in [1.29, 1.82) is 0 Å². The predicted molar refractivity (Wildman–Crippen MR) is 48.7 cm³/mol. The van der Waals surface area contributed by atoms with E-state index in [0.29, 0.717) is 5.69 Å². The Morgan fingerprint density at radius 1 is 1.18 bits per heavy atom. The molecule has 1 nitrogen and oxygen atoms in total. The summed E-state index contributed by atoms with van der Waals surface area (Å²) in [6.45, 7) is 10.8. The predicted octanol–water partition coefficient (Wildman–Crippen LogP) is 3.65. The third-order valence-corrected chi connectivity index (χ3v) is 0.885. The van der Waals surface area contributed by atoms with E-state index in [0.717, 1.165) is 0 Å². The van der Waals surface area contributed by atoms with Crippen LogP contribution in [0.3, 0.4) is 0 Å². The van der Waals surface area contributed by atoms with Crippen molar-refractivity contribution in [2.45, 2.75) is 20.3 Å². The molecule has 11 heavy (non-hydrogen) atoms. The fourth-order valence-corrected chi connectivity index (χ4v) is 0.503. The molecule has 0 bridgehead atoms. The zero-order chi connectivity index (χ0) is 8.53. The van der Waals surface area contributed by atoms with E-state index in [1.165, 1.54) is 6.42 Å². The molecule has 0 aliphatic rings. The monoisotopic (exact) mass is 147 g/mol. The van der Waals surface area contributed by atoms with E-state index in [4.69, 9.17) is 6.57 Å². The second-order valence-corrected chi connectivity index (χ2v) is 2.15. The highest BCUT2D eigenvalue weighted by atomic mass is 14.6. The summed E-state index contributed by atoms with van der Waals surface area (Å²) in [5.41, 5.74) is 0.701. The third-order valence-electron chi connectivity index (χ3n) is 0.885. The first-order valence-corrected chi connectivity index (χ1v) is 3.77. The van der Waals surface area contributed by atoms with Crippen LogP contribution in [-0.4, -0.2) is 0 Å². The lowest BCUT2D eigenvalue weighted by atomic mass is 10.3. The molecule has 0 saturated carbocycles. The second-order valence-electron chi connectivity index (χ2n) is 2.15. The second kappa shape index (κ2) is 6.82. The van der Waals surface area contributed by atoms with Crippen LogP contribution in [0.5, 0.6) is 0 Å². The van der Waals surface area contributed by atoms with E-state index in [1.807, 2.05) is 18.2 Å². The summed E-state index contributed by atoms with van der Waals surface area (Å²) in [6, 6.07) is 9.18. The van der Waals surface area contributed by atoms with Crippen LogP contribution in [0.15, 0.2) is 30.3 Å². The number of hydrogen-bond donors (Lipinski definition) is 0. The van der Waals surface area contributed by atoms with Gasteiger partial charge < -0.3 is 0 Å². The van der Waals surface area contributed by atoms with Crippen molar-refractivity contribution in [3.8, 4) is 0 Å². The summed E-state index contributed by atoms with van der Waals surface area (Å²) in [5.74, 6) is 0. The first-order chi connectivity index (χ1) is 5.35. The van der Waals surface area contributed by atoms with Crippen LogP contribution < -0.4 is 0 Å². The van der Waals surface area contributed by atoms with Crippen LogP contribution >= 0.6 is 0 Å². The fraction of sp³-hybridized carbons (Fsp3) is 0.300. The Morgan fingerprint density at radius 2 is 1.64 bits per heavy atom. The molecule has 0 atom stereocenters. The summed E-state index contributed by atoms with van der Waals surface area (Å²) in [7, 11) is 0. The van der Waals surface area contributed by atoms with Gasteiger partial charge in [0.1, 0.15) is 0 Å². The van der Waals surface area contributed by atoms with Gasteiger partial charge in [-0.05, 0) is 0 Å². The van der Waals surface area contributed by atoms with Crippen LogP contribution in [0.25, 0.3) is 4.85 Å². The normalized spacial score (nSPS) is 7.36. The number of benzene rings is 1. The van der Waals surface area contributed by atoms with Crippen LogP contribution in [-0.2, 0) is 0 Å². The van der Waals surface area contributed by atoms with Gasteiger partial charge in [0.05, 0.1) is 6.57 Å². The molecule has 1 aromatic rings. The van der Waals surface area contributed by atoms with Gasteiger partial charge >= 0.3 is 0 Å².